The summed E-state index contributed by atoms with van der Waals surface area (Å²) in [6.07, 6.45) is -3.93. The third-order valence-corrected chi connectivity index (χ3v) is 6.31. The van der Waals surface area contributed by atoms with E-state index >= 15 is 0 Å². The normalized spacial score (nSPS) is 11.4. The molecule has 0 radical (unpaired) electrons. The Labute approximate surface area is 211 Å². The lowest BCUT2D eigenvalue weighted by atomic mass is 10.0. The predicted octanol–water partition coefficient (Wildman–Crippen LogP) is 7.49. The van der Waals surface area contributed by atoms with Crippen molar-refractivity contribution in [2.75, 3.05) is 12.4 Å². The standard InChI is InChI=1S/C27H24F4N2O2S/c1-16(2)10-11-35-25-9-6-19(12-17(25)3)23-13-22(27(29,30)31)21(14-32)26(33-23)36-15-24(34)18-4-7-20(28)8-5-18/h4-9,12-13,16H,10-11,15H2,1-3H3. The highest BCUT2D eigenvalue weighted by atomic mass is 32.2. The third kappa shape index (κ3) is 6.85. The second kappa shape index (κ2) is 11.6. The number of Topliss-reactive ketones (excluding diaryl/α,β-unsaturated/α-hetero) is 1. The Morgan fingerprint density at radius 2 is 1.83 bits per heavy atom. The summed E-state index contributed by atoms with van der Waals surface area (Å²) in [5.74, 6) is -0.108. The maximum Gasteiger partial charge on any atom is 0.417 e. The number of pyridine rings is 1. The number of aryl methyl sites for hydroxylation is 1. The highest BCUT2D eigenvalue weighted by Gasteiger charge is 2.36. The summed E-state index contributed by atoms with van der Waals surface area (Å²) in [7, 11) is 0. The first-order chi connectivity index (χ1) is 17.0. The molecule has 1 heterocycles. The highest BCUT2D eigenvalue weighted by molar-refractivity contribution is 8.00. The van der Waals surface area contributed by atoms with Gasteiger partial charge in [-0.15, -0.1) is 0 Å². The van der Waals surface area contributed by atoms with Crippen LogP contribution in [0.4, 0.5) is 17.6 Å². The number of halogens is 4. The van der Waals surface area contributed by atoms with Crippen LogP contribution in [0.1, 0.15) is 47.3 Å². The predicted molar refractivity (Wildman–Crippen MR) is 131 cm³/mol. The minimum Gasteiger partial charge on any atom is -0.493 e. The summed E-state index contributed by atoms with van der Waals surface area (Å²) in [4.78, 5) is 16.8. The summed E-state index contributed by atoms with van der Waals surface area (Å²) >= 11 is 0.737. The van der Waals surface area contributed by atoms with Crippen molar-refractivity contribution < 1.29 is 27.1 Å². The van der Waals surface area contributed by atoms with E-state index < -0.39 is 28.9 Å². The molecule has 0 fully saturated rings. The van der Waals surface area contributed by atoms with Crippen LogP contribution in [0.3, 0.4) is 0 Å². The van der Waals surface area contributed by atoms with Gasteiger partial charge in [0.1, 0.15) is 22.7 Å². The fourth-order valence-electron chi connectivity index (χ4n) is 3.33. The lowest BCUT2D eigenvalue weighted by molar-refractivity contribution is -0.138. The van der Waals surface area contributed by atoms with Crippen LogP contribution < -0.4 is 4.74 Å². The van der Waals surface area contributed by atoms with Crippen LogP contribution in [0.15, 0.2) is 53.6 Å². The number of hydrogen-bond acceptors (Lipinski definition) is 5. The molecule has 0 spiro atoms. The molecule has 0 N–H and O–H groups in total. The lowest BCUT2D eigenvalue weighted by Gasteiger charge is -2.15. The molecule has 0 aliphatic heterocycles. The molecule has 0 unspecified atom stereocenters. The molecule has 188 valence electrons. The molecular formula is C27H24F4N2O2S. The first kappa shape index (κ1) is 27.2. The van der Waals surface area contributed by atoms with Crippen molar-refractivity contribution in [1.29, 1.82) is 5.26 Å². The van der Waals surface area contributed by atoms with Gasteiger partial charge in [0.25, 0.3) is 0 Å². The number of nitriles is 1. The van der Waals surface area contributed by atoms with E-state index in [1.807, 2.05) is 0 Å². The summed E-state index contributed by atoms with van der Waals surface area (Å²) in [5, 5.41) is 9.29. The van der Waals surface area contributed by atoms with Gasteiger partial charge in [-0.2, -0.15) is 18.4 Å². The van der Waals surface area contributed by atoms with Crippen LogP contribution in [-0.2, 0) is 6.18 Å². The van der Waals surface area contributed by atoms with E-state index in [4.69, 9.17) is 4.74 Å². The number of rotatable bonds is 9. The molecule has 4 nitrogen and oxygen atoms in total. The zero-order chi connectivity index (χ0) is 26.5. The van der Waals surface area contributed by atoms with Gasteiger partial charge in [0.05, 0.1) is 29.2 Å². The second-order valence-electron chi connectivity index (χ2n) is 8.57. The van der Waals surface area contributed by atoms with E-state index in [1.54, 1.807) is 31.2 Å². The van der Waals surface area contributed by atoms with Crippen LogP contribution in [0.25, 0.3) is 11.3 Å². The SMILES string of the molecule is Cc1cc(-c2cc(C(F)(F)F)c(C#N)c(SCC(=O)c3ccc(F)cc3)n2)ccc1OCCC(C)C. The highest BCUT2D eigenvalue weighted by Crippen LogP contribution is 2.38. The van der Waals surface area contributed by atoms with Crippen molar-refractivity contribution in [1.82, 2.24) is 4.98 Å². The average molecular weight is 517 g/mol. The Bertz CT molecular complexity index is 1280. The zero-order valence-electron chi connectivity index (χ0n) is 19.9. The second-order valence-corrected chi connectivity index (χ2v) is 9.54. The number of carbonyl (C=O) groups excluding carboxylic acids is 1. The maximum absolute atomic E-state index is 13.9. The van der Waals surface area contributed by atoms with Gasteiger partial charge in [-0.25, -0.2) is 9.37 Å². The van der Waals surface area contributed by atoms with Crippen LogP contribution in [0.2, 0.25) is 0 Å². The number of nitrogens with zero attached hydrogens (tertiary/aromatic N) is 2. The van der Waals surface area contributed by atoms with E-state index in [0.29, 0.717) is 23.8 Å². The van der Waals surface area contributed by atoms with E-state index in [9.17, 15) is 27.6 Å². The number of carbonyl (C=O) groups is 1. The van der Waals surface area contributed by atoms with Gasteiger partial charge in [0.2, 0.25) is 0 Å². The Morgan fingerprint density at radius 3 is 2.42 bits per heavy atom. The Morgan fingerprint density at radius 1 is 1.14 bits per heavy atom. The number of alkyl halides is 3. The molecule has 0 aliphatic carbocycles. The molecule has 0 bridgehead atoms. The van der Waals surface area contributed by atoms with E-state index in [0.717, 1.165) is 41.9 Å². The fraction of sp³-hybridized carbons (Fsp3) is 0.296. The number of thioether (sulfide) groups is 1. The van der Waals surface area contributed by atoms with E-state index in [1.165, 1.54) is 12.1 Å². The summed E-state index contributed by atoms with van der Waals surface area (Å²) in [6, 6.07) is 12.2. The molecule has 36 heavy (non-hydrogen) atoms. The minimum absolute atomic E-state index is 0.0230. The van der Waals surface area contributed by atoms with Crippen molar-refractivity contribution in [2.24, 2.45) is 5.92 Å². The van der Waals surface area contributed by atoms with Gasteiger partial charge in [0, 0.05) is 11.1 Å². The summed E-state index contributed by atoms with van der Waals surface area (Å²) < 4.78 is 60.5. The minimum atomic E-state index is -4.80. The first-order valence-electron chi connectivity index (χ1n) is 11.2. The van der Waals surface area contributed by atoms with E-state index in [2.05, 4.69) is 18.8 Å². The number of ketones is 1. The van der Waals surface area contributed by atoms with Crippen LogP contribution in [0, 0.1) is 30.0 Å². The molecule has 3 rings (SSSR count). The molecule has 3 aromatic rings. The number of ether oxygens (including phenoxy) is 1. The quantitative estimate of drug-likeness (QED) is 0.168. The van der Waals surface area contributed by atoms with Gasteiger partial charge < -0.3 is 4.74 Å². The Balaban J connectivity index is 1.95. The van der Waals surface area contributed by atoms with Crippen molar-refractivity contribution in [3.63, 3.8) is 0 Å². The molecule has 0 saturated carbocycles. The van der Waals surface area contributed by atoms with Crippen molar-refractivity contribution in [2.45, 2.75) is 38.4 Å². The molecule has 0 saturated heterocycles. The molecule has 0 aliphatic rings. The molecule has 2 aromatic carbocycles. The van der Waals surface area contributed by atoms with E-state index in [-0.39, 0.29) is 22.0 Å². The third-order valence-electron chi connectivity index (χ3n) is 5.33. The van der Waals surface area contributed by atoms with Crippen LogP contribution in [0.5, 0.6) is 5.75 Å². The number of benzene rings is 2. The zero-order valence-corrected chi connectivity index (χ0v) is 20.8. The molecule has 0 amide bonds. The van der Waals surface area contributed by atoms with Crippen molar-refractivity contribution in [3.8, 4) is 23.1 Å². The topological polar surface area (TPSA) is 63.0 Å². The van der Waals surface area contributed by atoms with Crippen LogP contribution in [-0.4, -0.2) is 23.1 Å². The van der Waals surface area contributed by atoms with Gasteiger partial charge in [-0.05, 0) is 73.4 Å². The van der Waals surface area contributed by atoms with Gasteiger partial charge in [0.15, 0.2) is 5.78 Å². The number of aromatic nitrogens is 1. The lowest BCUT2D eigenvalue weighted by Crippen LogP contribution is -2.11. The van der Waals surface area contributed by atoms with Crippen molar-refractivity contribution >= 4 is 17.5 Å². The number of hydrogen-bond donors (Lipinski definition) is 0. The Hall–Kier alpha value is -3.38. The monoisotopic (exact) mass is 516 g/mol. The largest absolute Gasteiger partial charge is 0.493 e. The van der Waals surface area contributed by atoms with Crippen molar-refractivity contribution in [3.05, 3.63) is 76.6 Å². The average Bonchev–Trinajstić information content (AvgIpc) is 2.82. The smallest absolute Gasteiger partial charge is 0.417 e. The Kier molecular flexibility index (Phi) is 8.75. The summed E-state index contributed by atoms with van der Waals surface area (Å²) in [5.41, 5.74) is -0.384. The first-order valence-corrected chi connectivity index (χ1v) is 12.2. The summed E-state index contributed by atoms with van der Waals surface area (Å²) in [6.45, 7) is 6.47. The van der Waals surface area contributed by atoms with Gasteiger partial charge >= 0.3 is 6.18 Å². The molecule has 9 heteroatoms. The van der Waals surface area contributed by atoms with Gasteiger partial charge in [-0.3, -0.25) is 4.79 Å². The molecular weight excluding hydrogens is 492 g/mol. The molecule has 1 aromatic heterocycles. The van der Waals surface area contributed by atoms with Gasteiger partial charge in [-0.1, -0.05) is 25.6 Å². The molecule has 0 atom stereocenters. The van der Waals surface area contributed by atoms with Crippen LogP contribution >= 0.6 is 11.8 Å². The maximum atomic E-state index is 13.9. The fourth-order valence-corrected chi connectivity index (χ4v) is 4.23.